The Kier molecular flexibility index (Phi) is 1.98. The largest absolute Gasteiger partial charge is 0.479 e. The van der Waals surface area contributed by atoms with Crippen LogP contribution in [0.5, 0.6) is 0 Å². The second kappa shape index (κ2) is 2.76. The topological polar surface area (TPSA) is 70.4 Å². The summed E-state index contributed by atoms with van der Waals surface area (Å²) >= 11 is 1.12. The first-order valence-electron chi connectivity index (χ1n) is 2.51. The smallest absolute Gasteiger partial charge is 0.338 e. The van der Waals surface area contributed by atoms with E-state index >= 15 is 0 Å². The number of aliphatic hydroxyl groups is 1. The van der Waals surface area contributed by atoms with Crippen molar-refractivity contribution in [3.05, 3.63) is 16.6 Å². The van der Waals surface area contributed by atoms with Crippen molar-refractivity contribution >= 4 is 17.3 Å². The van der Waals surface area contributed by atoms with Crippen LogP contribution in [0.3, 0.4) is 0 Å². The lowest BCUT2D eigenvalue weighted by Crippen LogP contribution is -2.08. The zero-order valence-corrected chi connectivity index (χ0v) is 5.71. The minimum absolute atomic E-state index is 0.354. The first kappa shape index (κ1) is 7.17. The van der Waals surface area contributed by atoms with Crippen LogP contribution in [0.4, 0.5) is 0 Å². The van der Waals surface area contributed by atoms with Crippen LogP contribution in [0.2, 0.25) is 0 Å². The van der Waals surface area contributed by atoms with Gasteiger partial charge >= 0.3 is 5.97 Å². The maximum atomic E-state index is 10.1. The van der Waals surface area contributed by atoms with Crippen LogP contribution in [0.15, 0.2) is 11.7 Å². The molecule has 0 fully saturated rings. The van der Waals surface area contributed by atoms with E-state index in [0.29, 0.717) is 4.88 Å². The molecule has 0 bridgehead atoms. The average Bonchev–Trinajstić information content (AvgIpc) is 2.36. The highest BCUT2D eigenvalue weighted by Crippen LogP contribution is 2.16. The van der Waals surface area contributed by atoms with Crippen molar-refractivity contribution in [2.24, 2.45) is 0 Å². The Labute approximate surface area is 60.8 Å². The number of nitrogens with zero attached hydrogens (tertiary/aromatic N) is 1. The molecule has 54 valence electrons. The third-order valence-electron chi connectivity index (χ3n) is 0.955. The summed E-state index contributed by atoms with van der Waals surface area (Å²) in [5.41, 5.74) is 1.47. The van der Waals surface area contributed by atoms with E-state index in [1.54, 1.807) is 0 Å². The van der Waals surface area contributed by atoms with Gasteiger partial charge in [0.2, 0.25) is 0 Å². The Balaban J connectivity index is 2.77. The van der Waals surface area contributed by atoms with Crippen LogP contribution in [0, 0.1) is 0 Å². The van der Waals surface area contributed by atoms with E-state index in [1.165, 1.54) is 11.7 Å². The van der Waals surface area contributed by atoms with E-state index < -0.39 is 12.1 Å². The Bertz CT molecular complexity index is 221. The first-order valence-corrected chi connectivity index (χ1v) is 3.39. The number of carbonyl (C=O) groups is 1. The van der Waals surface area contributed by atoms with Crippen molar-refractivity contribution in [1.29, 1.82) is 0 Å². The molecule has 4 nitrogen and oxygen atoms in total. The third-order valence-corrected chi connectivity index (χ3v) is 1.78. The van der Waals surface area contributed by atoms with E-state index in [1.807, 2.05) is 0 Å². The van der Waals surface area contributed by atoms with Gasteiger partial charge in [-0.1, -0.05) is 0 Å². The van der Waals surface area contributed by atoms with Crippen molar-refractivity contribution in [3.8, 4) is 0 Å². The van der Waals surface area contributed by atoms with Crippen molar-refractivity contribution in [2.75, 3.05) is 0 Å². The molecule has 1 aromatic heterocycles. The van der Waals surface area contributed by atoms with Crippen LogP contribution in [-0.2, 0) is 4.79 Å². The summed E-state index contributed by atoms with van der Waals surface area (Å²) < 4.78 is 0. The fourth-order valence-corrected chi connectivity index (χ4v) is 1.08. The molecule has 2 N–H and O–H groups in total. The summed E-state index contributed by atoms with van der Waals surface area (Å²) in [4.78, 5) is 14.1. The van der Waals surface area contributed by atoms with Crippen molar-refractivity contribution < 1.29 is 15.0 Å². The van der Waals surface area contributed by atoms with E-state index in [9.17, 15) is 4.79 Å². The second-order valence-corrected chi connectivity index (χ2v) is 2.56. The SMILES string of the molecule is O=C(O)C(O)c1cncs1. The number of carboxylic acid groups (broad SMARTS) is 1. The Morgan fingerprint density at radius 3 is 2.90 bits per heavy atom. The Morgan fingerprint density at radius 2 is 2.50 bits per heavy atom. The summed E-state index contributed by atoms with van der Waals surface area (Å²) in [5, 5.41) is 17.1. The van der Waals surface area contributed by atoms with E-state index in [0.717, 1.165) is 11.3 Å². The summed E-state index contributed by atoms with van der Waals surface area (Å²) in [6.45, 7) is 0. The first-order chi connectivity index (χ1) is 4.72. The van der Waals surface area contributed by atoms with Crippen LogP contribution in [0.1, 0.15) is 11.0 Å². The van der Waals surface area contributed by atoms with Gasteiger partial charge in [0.1, 0.15) is 0 Å². The monoisotopic (exact) mass is 159 g/mol. The normalized spacial score (nSPS) is 12.9. The molecule has 0 radical (unpaired) electrons. The standard InChI is InChI=1S/C5H5NO3S/c7-4(5(8)9)3-1-6-2-10-3/h1-2,4,7H,(H,8,9). The summed E-state index contributed by atoms with van der Waals surface area (Å²) in [5.74, 6) is -1.25. The minimum atomic E-state index is -1.42. The van der Waals surface area contributed by atoms with Gasteiger partial charge in [-0.3, -0.25) is 4.98 Å². The molecule has 1 heterocycles. The molecule has 1 unspecified atom stereocenters. The predicted octanol–water partition coefficient (Wildman–Crippen LogP) is 0.261. The lowest BCUT2D eigenvalue weighted by Gasteiger charge is -1.97. The van der Waals surface area contributed by atoms with E-state index in [2.05, 4.69) is 4.98 Å². The lowest BCUT2D eigenvalue weighted by molar-refractivity contribution is -0.146. The number of aliphatic hydroxyl groups excluding tert-OH is 1. The van der Waals surface area contributed by atoms with Gasteiger partial charge in [-0.25, -0.2) is 4.79 Å². The molecule has 1 rings (SSSR count). The number of aromatic nitrogens is 1. The minimum Gasteiger partial charge on any atom is -0.479 e. The molecular weight excluding hydrogens is 154 g/mol. The van der Waals surface area contributed by atoms with Gasteiger partial charge in [0.15, 0.2) is 6.10 Å². The van der Waals surface area contributed by atoms with Gasteiger partial charge in [0.25, 0.3) is 0 Å². The summed E-state index contributed by atoms with van der Waals surface area (Å²) in [6.07, 6.45) is -0.0869. The van der Waals surface area contributed by atoms with Gasteiger partial charge < -0.3 is 10.2 Å². The van der Waals surface area contributed by atoms with Gasteiger partial charge in [0.05, 0.1) is 10.4 Å². The Hall–Kier alpha value is -0.940. The zero-order chi connectivity index (χ0) is 7.56. The van der Waals surface area contributed by atoms with Crippen LogP contribution in [0.25, 0.3) is 0 Å². The third kappa shape index (κ3) is 1.31. The number of carboxylic acids is 1. The van der Waals surface area contributed by atoms with Crippen molar-refractivity contribution in [3.63, 3.8) is 0 Å². The highest BCUT2D eigenvalue weighted by Gasteiger charge is 2.16. The van der Waals surface area contributed by atoms with E-state index in [4.69, 9.17) is 10.2 Å². The second-order valence-electron chi connectivity index (χ2n) is 1.64. The molecule has 0 amide bonds. The van der Waals surface area contributed by atoms with Crippen molar-refractivity contribution in [1.82, 2.24) is 4.98 Å². The summed E-state index contributed by atoms with van der Waals surface area (Å²) in [7, 11) is 0. The molecule has 1 aromatic rings. The fraction of sp³-hybridized carbons (Fsp3) is 0.200. The fourth-order valence-electron chi connectivity index (χ4n) is 0.482. The molecule has 0 aliphatic heterocycles. The average molecular weight is 159 g/mol. The molecule has 0 saturated heterocycles. The summed E-state index contributed by atoms with van der Waals surface area (Å²) in [6, 6.07) is 0. The van der Waals surface area contributed by atoms with E-state index in [-0.39, 0.29) is 0 Å². The maximum absolute atomic E-state index is 10.1. The van der Waals surface area contributed by atoms with Gasteiger partial charge in [-0.15, -0.1) is 11.3 Å². The quantitative estimate of drug-likeness (QED) is 0.649. The highest BCUT2D eigenvalue weighted by molar-refractivity contribution is 7.09. The molecule has 0 saturated carbocycles. The molecule has 1 atom stereocenters. The van der Waals surface area contributed by atoms with Gasteiger partial charge in [-0.05, 0) is 0 Å². The zero-order valence-electron chi connectivity index (χ0n) is 4.89. The molecular formula is C5H5NO3S. The molecule has 10 heavy (non-hydrogen) atoms. The van der Waals surface area contributed by atoms with Crippen molar-refractivity contribution in [2.45, 2.75) is 6.10 Å². The number of hydrogen-bond acceptors (Lipinski definition) is 4. The lowest BCUT2D eigenvalue weighted by atomic mass is 10.3. The number of thiazole rings is 1. The highest BCUT2D eigenvalue weighted by atomic mass is 32.1. The molecule has 0 aliphatic carbocycles. The number of aliphatic carboxylic acids is 1. The van der Waals surface area contributed by atoms with Gasteiger partial charge in [-0.2, -0.15) is 0 Å². The number of rotatable bonds is 2. The maximum Gasteiger partial charge on any atom is 0.338 e. The molecule has 0 spiro atoms. The predicted molar refractivity (Wildman–Crippen MR) is 34.7 cm³/mol. The molecule has 0 aromatic carbocycles. The van der Waals surface area contributed by atoms with Crippen LogP contribution in [-0.4, -0.2) is 21.2 Å². The number of hydrogen-bond donors (Lipinski definition) is 2. The Morgan fingerprint density at radius 1 is 1.80 bits per heavy atom. The molecule has 0 aliphatic rings. The molecule has 5 heteroatoms. The van der Waals surface area contributed by atoms with Gasteiger partial charge in [0, 0.05) is 6.20 Å². The van der Waals surface area contributed by atoms with Crippen LogP contribution < -0.4 is 0 Å². The van der Waals surface area contributed by atoms with Crippen LogP contribution >= 0.6 is 11.3 Å².